The number of halogens is 1. The fourth-order valence-corrected chi connectivity index (χ4v) is 2.62. The summed E-state index contributed by atoms with van der Waals surface area (Å²) in [5, 5.41) is 3.43. The molecule has 1 rings (SSSR count). The topological polar surface area (TPSA) is 15.3 Å². The van der Waals surface area contributed by atoms with Crippen molar-refractivity contribution >= 4 is 15.9 Å². The minimum Gasteiger partial charge on any atom is -0.313 e. The summed E-state index contributed by atoms with van der Waals surface area (Å²) in [4.78, 5) is 2.46. The first kappa shape index (κ1) is 17.7. The molecule has 1 aromatic rings. The van der Waals surface area contributed by atoms with Crippen molar-refractivity contribution < 1.29 is 0 Å². The Morgan fingerprint density at radius 3 is 2.20 bits per heavy atom. The van der Waals surface area contributed by atoms with Crippen LogP contribution < -0.4 is 5.32 Å². The van der Waals surface area contributed by atoms with Gasteiger partial charge in [0, 0.05) is 16.6 Å². The van der Waals surface area contributed by atoms with Crippen LogP contribution in [-0.2, 0) is 0 Å². The Balaban J connectivity index is 2.60. The van der Waals surface area contributed by atoms with Crippen LogP contribution in [0.4, 0.5) is 0 Å². The molecule has 3 heteroatoms. The predicted octanol–water partition coefficient (Wildman–Crippen LogP) is 4.47. The van der Waals surface area contributed by atoms with Crippen molar-refractivity contribution in [2.45, 2.75) is 46.2 Å². The highest BCUT2D eigenvalue weighted by Gasteiger charge is 2.24. The number of hydrogen-bond acceptors (Lipinski definition) is 2. The summed E-state index contributed by atoms with van der Waals surface area (Å²) in [6.07, 6.45) is 1.12. The zero-order valence-electron chi connectivity index (χ0n) is 13.7. The van der Waals surface area contributed by atoms with Gasteiger partial charge in [-0.2, -0.15) is 0 Å². The maximum absolute atomic E-state index is 3.49. The summed E-state index contributed by atoms with van der Waals surface area (Å²) in [5.41, 5.74) is 1.68. The molecule has 0 fully saturated rings. The van der Waals surface area contributed by atoms with Gasteiger partial charge in [0.25, 0.3) is 0 Å². The molecule has 0 bridgehead atoms. The van der Waals surface area contributed by atoms with Gasteiger partial charge >= 0.3 is 0 Å². The summed E-state index contributed by atoms with van der Waals surface area (Å²) >= 11 is 3.49. The minimum absolute atomic E-state index is 0.321. The molecule has 0 aromatic heterocycles. The summed E-state index contributed by atoms with van der Waals surface area (Å²) in [7, 11) is 4.27. The average Bonchev–Trinajstić information content (AvgIpc) is 2.39. The van der Waals surface area contributed by atoms with Gasteiger partial charge < -0.3 is 10.2 Å². The van der Waals surface area contributed by atoms with Crippen LogP contribution in [-0.4, -0.2) is 31.6 Å². The van der Waals surface area contributed by atoms with E-state index in [-0.39, 0.29) is 0 Å². The number of benzene rings is 1. The first-order valence-electron chi connectivity index (χ1n) is 7.38. The van der Waals surface area contributed by atoms with Gasteiger partial charge in [0.05, 0.1) is 0 Å². The Morgan fingerprint density at radius 2 is 1.75 bits per heavy atom. The van der Waals surface area contributed by atoms with Crippen molar-refractivity contribution in [1.82, 2.24) is 10.2 Å². The molecule has 1 N–H and O–H groups in total. The molecule has 2 unspecified atom stereocenters. The first-order chi connectivity index (χ1) is 9.25. The molecule has 0 aliphatic carbocycles. The number of nitrogens with one attached hydrogen (secondary N) is 1. The zero-order valence-corrected chi connectivity index (χ0v) is 15.3. The average molecular weight is 341 g/mol. The molecule has 0 radical (unpaired) electrons. The lowest BCUT2D eigenvalue weighted by molar-refractivity contribution is 0.136. The highest BCUT2D eigenvalue weighted by molar-refractivity contribution is 9.10. The van der Waals surface area contributed by atoms with E-state index < -0.39 is 0 Å². The van der Waals surface area contributed by atoms with Crippen LogP contribution in [0.2, 0.25) is 0 Å². The largest absolute Gasteiger partial charge is 0.313 e. The Hall–Kier alpha value is -0.380. The highest BCUT2D eigenvalue weighted by Crippen LogP contribution is 2.25. The highest BCUT2D eigenvalue weighted by atomic mass is 79.9. The Labute approximate surface area is 133 Å². The molecule has 0 saturated carbocycles. The third kappa shape index (κ3) is 5.19. The van der Waals surface area contributed by atoms with Crippen molar-refractivity contribution in [3.63, 3.8) is 0 Å². The summed E-state index contributed by atoms with van der Waals surface area (Å²) in [6, 6.07) is 9.60. The normalized spacial score (nSPS) is 15.4. The van der Waals surface area contributed by atoms with E-state index in [1.807, 2.05) is 7.05 Å². The van der Waals surface area contributed by atoms with Crippen LogP contribution in [0.1, 0.15) is 45.7 Å². The van der Waals surface area contributed by atoms with Gasteiger partial charge in [0.1, 0.15) is 0 Å². The second-order valence-corrected chi connectivity index (χ2v) is 7.62. The van der Waals surface area contributed by atoms with Crippen LogP contribution in [0.15, 0.2) is 28.7 Å². The Kier molecular flexibility index (Phi) is 6.70. The molecule has 2 atom stereocenters. The Morgan fingerprint density at radius 1 is 1.20 bits per heavy atom. The first-order valence-corrected chi connectivity index (χ1v) is 8.18. The van der Waals surface area contributed by atoms with E-state index in [9.17, 15) is 0 Å². The molecule has 2 nitrogen and oxygen atoms in total. The second kappa shape index (κ2) is 7.58. The smallest absolute Gasteiger partial charge is 0.0329 e. The van der Waals surface area contributed by atoms with E-state index >= 15 is 0 Å². The van der Waals surface area contributed by atoms with Gasteiger partial charge in [-0.05, 0) is 57.1 Å². The minimum atomic E-state index is 0.321. The molecule has 0 spiro atoms. The zero-order chi connectivity index (χ0) is 15.3. The van der Waals surface area contributed by atoms with Crippen LogP contribution in [0, 0.1) is 5.41 Å². The molecule has 0 aliphatic heterocycles. The van der Waals surface area contributed by atoms with Gasteiger partial charge in [-0.3, -0.25) is 0 Å². The quantitative estimate of drug-likeness (QED) is 0.821. The lowest BCUT2D eigenvalue weighted by atomic mass is 9.87. The molecule has 0 saturated heterocycles. The molecule has 20 heavy (non-hydrogen) atoms. The van der Waals surface area contributed by atoms with Crippen LogP contribution in [0.25, 0.3) is 0 Å². The monoisotopic (exact) mass is 340 g/mol. The number of rotatable bonds is 6. The maximum atomic E-state index is 3.49. The third-order valence-electron chi connectivity index (χ3n) is 4.31. The number of hydrogen-bond donors (Lipinski definition) is 1. The van der Waals surface area contributed by atoms with E-state index in [0.29, 0.717) is 17.5 Å². The van der Waals surface area contributed by atoms with Crippen molar-refractivity contribution in [2.75, 3.05) is 20.6 Å². The standard InChI is InChI=1S/C17H29BrN2/c1-13(17(2,3)4)20(6)12-11-16(19-5)14-7-9-15(18)10-8-14/h7-10,13,16,19H,11-12H2,1-6H3. The molecule has 114 valence electrons. The lowest BCUT2D eigenvalue weighted by Crippen LogP contribution is -2.40. The van der Waals surface area contributed by atoms with Crippen LogP contribution in [0.3, 0.4) is 0 Å². The molecule has 1 aromatic carbocycles. The number of nitrogens with zero attached hydrogens (tertiary/aromatic N) is 1. The van der Waals surface area contributed by atoms with Crippen LogP contribution >= 0.6 is 15.9 Å². The van der Waals surface area contributed by atoms with Gasteiger partial charge in [0.15, 0.2) is 0 Å². The van der Waals surface area contributed by atoms with Crippen molar-refractivity contribution in [1.29, 1.82) is 0 Å². The second-order valence-electron chi connectivity index (χ2n) is 6.70. The molecule has 0 amide bonds. The maximum Gasteiger partial charge on any atom is 0.0329 e. The predicted molar refractivity (Wildman–Crippen MR) is 92.1 cm³/mol. The third-order valence-corrected chi connectivity index (χ3v) is 4.83. The van der Waals surface area contributed by atoms with Crippen molar-refractivity contribution in [3.8, 4) is 0 Å². The summed E-state index contributed by atoms with van der Waals surface area (Å²) < 4.78 is 1.13. The van der Waals surface area contributed by atoms with E-state index in [2.05, 4.69) is 85.2 Å². The Bertz CT molecular complexity index is 394. The molecular weight excluding hydrogens is 312 g/mol. The van der Waals surface area contributed by atoms with Gasteiger partial charge in [0.2, 0.25) is 0 Å². The van der Waals surface area contributed by atoms with E-state index in [4.69, 9.17) is 0 Å². The van der Waals surface area contributed by atoms with Gasteiger partial charge in [-0.15, -0.1) is 0 Å². The van der Waals surface area contributed by atoms with E-state index in [1.54, 1.807) is 0 Å². The SMILES string of the molecule is CNC(CCN(C)C(C)C(C)(C)C)c1ccc(Br)cc1. The lowest BCUT2D eigenvalue weighted by Gasteiger charge is -2.36. The van der Waals surface area contributed by atoms with E-state index in [0.717, 1.165) is 17.4 Å². The molecular formula is C17H29BrN2. The fraction of sp³-hybridized carbons (Fsp3) is 0.647. The van der Waals surface area contributed by atoms with Crippen molar-refractivity contribution in [2.24, 2.45) is 5.41 Å². The van der Waals surface area contributed by atoms with Gasteiger partial charge in [-0.1, -0.05) is 48.8 Å². The molecule has 0 aliphatic rings. The van der Waals surface area contributed by atoms with Crippen LogP contribution in [0.5, 0.6) is 0 Å². The molecule has 0 heterocycles. The van der Waals surface area contributed by atoms with Gasteiger partial charge in [-0.25, -0.2) is 0 Å². The van der Waals surface area contributed by atoms with Crippen molar-refractivity contribution in [3.05, 3.63) is 34.3 Å². The summed E-state index contributed by atoms with van der Waals surface area (Å²) in [5.74, 6) is 0. The van der Waals surface area contributed by atoms with E-state index in [1.165, 1.54) is 5.56 Å². The fourth-order valence-electron chi connectivity index (χ4n) is 2.36. The summed E-state index contributed by atoms with van der Waals surface area (Å²) in [6.45, 7) is 10.3.